The third-order valence-electron chi connectivity index (χ3n) is 2.36. The molecule has 2 rings (SSSR count). The molecule has 72 valence electrons. The summed E-state index contributed by atoms with van der Waals surface area (Å²) in [6, 6.07) is 9.63. The lowest BCUT2D eigenvalue weighted by molar-refractivity contribution is 0.925. The topological polar surface area (TPSA) is 32.9 Å². The molecular weight excluding hydrogens is 174 g/mol. The number of pyridine rings is 1. The van der Waals surface area contributed by atoms with Crippen LogP contribution in [0.3, 0.4) is 0 Å². The smallest absolute Gasteiger partial charge is 0.248 e. The lowest BCUT2D eigenvalue weighted by Gasteiger charge is -2.03. The summed E-state index contributed by atoms with van der Waals surface area (Å²) in [5.74, 6) is 0. The summed E-state index contributed by atoms with van der Waals surface area (Å²) < 4.78 is 0. The highest BCUT2D eigenvalue weighted by Gasteiger charge is 2.00. The van der Waals surface area contributed by atoms with Crippen molar-refractivity contribution >= 4 is 10.9 Å². The first-order valence-electron chi connectivity index (χ1n) is 4.92. The van der Waals surface area contributed by atoms with Crippen LogP contribution in [0.2, 0.25) is 0 Å². The standard InChI is InChI=1S/C12H13NO/c1-2-5-9-8-12(14)13-11-7-4-3-6-10(9)11/h3-4,6-8H,2,5H2,1H3,(H,13,14). The zero-order valence-electron chi connectivity index (χ0n) is 8.21. The second-order valence-electron chi connectivity index (χ2n) is 3.45. The predicted octanol–water partition coefficient (Wildman–Crippen LogP) is 2.48. The number of H-pyrrole nitrogens is 1. The molecule has 0 amide bonds. The van der Waals surface area contributed by atoms with Crippen molar-refractivity contribution in [3.05, 3.63) is 46.2 Å². The minimum absolute atomic E-state index is 0.00727. The largest absolute Gasteiger partial charge is 0.322 e. The molecule has 2 aromatic rings. The van der Waals surface area contributed by atoms with Crippen LogP contribution in [0.25, 0.3) is 10.9 Å². The molecule has 0 atom stereocenters. The van der Waals surface area contributed by atoms with E-state index in [9.17, 15) is 4.79 Å². The van der Waals surface area contributed by atoms with Crippen molar-refractivity contribution in [2.75, 3.05) is 0 Å². The average Bonchev–Trinajstić information content (AvgIpc) is 2.18. The Morgan fingerprint density at radius 3 is 2.86 bits per heavy atom. The van der Waals surface area contributed by atoms with Crippen molar-refractivity contribution in [2.24, 2.45) is 0 Å². The molecule has 0 spiro atoms. The Morgan fingerprint density at radius 2 is 2.07 bits per heavy atom. The van der Waals surface area contributed by atoms with Gasteiger partial charge < -0.3 is 4.98 Å². The van der Waals surface area contributed by atoms with E-state index in [-0.39, 0.29) is 5.56 Å². The van der Waals surface area contributed by atoms with E-state index in [2.05, 4.69) is 18.0 Å². The zero-order valence-corrected chi connectivity index (χ0v) is 8.21. The molecule has 2 nitrogen and oxygen atoms in total. The van der Waals surface area contributed by atoms with Crippen molar-refractivity contribution < 1.29 is 0 Å². The van der Waals surface area contributed by atoms with Crippen LogP contribution in [0.15, 0.2) is 35.1 Å². The molecular formula is C12H13NO. The van der Waals surface area contributed by atoms with Gasteiger partial charge in [-0.05, 0) is 18.1 Å². The van der Waals surface area contributed by atoms with Gasteiger partial charge in [0.15, 0.2) is 0 Å². The lowest BCUT2D eigenvalue weighted by atomic mass is 10.1. The maximum atomic E-state index is 11.3. The van der Waals surface area contributed by atoms with Crippen LogP contribution in [0.4, 0.5) is 0 Å². The summed E-state index contributed by atoms with van der Waals surface area (Å²) in [5, 5.41) is 1.16. The fourth-order valence-electron chi connectivity index (χ4n) is 1.75. The average molecular weight is 187 g/mol. The van der Waals surface area contributed by atoms with E-state index in [1.807, 2.05) is 18.2 Å². The Labute approximate surface area is 82.6 Å². The van der Waals surface area contributed by atoms with Gasteiger partial charge in [0.05, 0.1) is 0 Å². The van der Waals surface area contributed by atoms with Gasteiger partial charge in [-0.25, -0.2) is 0 Å². The normalized spacial score (nSPS) is 10.6. The highest BCUT2D eigenvalue weighted by molar-refractivity contribution is 5.81. The van der Waals surface area contributed by atoms with Crippen molar-refractivity contribution in [1.29, 1.82) is 0 Å². The molecule has 0 unspecified atom stereocenters. The maximum Gasteiger partial charge on any atom is 0.248 e. The fraction of sp³-hybridized carbons (Fsp3) is 0.250. The first-order valence-corrected chi connectivity index (χ1v) is 4.92. The molecule has 0 aliphatic heterocycles. The number of aromatic nitrogens is 1. The second-order valence-corrected chi connectivity index (χ2v) is 3.45. The van der Waals surface area contributed by atoms with Gasteiger partial charge in [-0.3, -0.25) is 4.79 Å². The first-order chi connectivity index (χ1) is 6.81. The molecule has 1 aromatic heterocycles. The third kappa shape index (κ3) is 1.55. The summed E-state index contributed by atoms with van der Waals surface area (Å²) in [7, 11) is 0. The van der Waals surface area contributed by atoms with Gasteiger partial charge in [-0.15, -0.1) is 0 Å². The van der Waals surface area contributed by atoms with E-state index in [4.69, 9.17) is 0 Å². The van der Waals surface area contributed by atoms with Crippen LogP contribution < -0.4 is 5.56 Å². The number of fused-ring (bicyclic) bond motifs is 1. The highest BCUT2D eigenvalue weighted by Crippen LogP contribution is 2.15. The van der Waals surface area contributed by atoms with E-state index >= 15 is 0 Å². The first kappa shape index (κ1) is 9.00. The Morgan fingerprint density at radius 1 is 1.29 bits per heavy atom. The molecule has 0 bridgehead atoms. The molecule has 1 heterocycles. The summed E-state index contributed by atoms with van der Waals surface area (Å²) in [5.41, 5.74) is 2.07. The summed E-state index contributed by atoms with van der Waals surface area (Å²) in [6.45, 7) is 2.12. The maximum absolute atomic E-state index is 11.3. The van der Waals surface area contributed by atoms with Gasteiger partial charge in [0.25, 0.3) is 0 Å². The summed E-state index contributed by atoms with van der Waals surface area (Å²) >= 11 is 0. The third-order valence-corrected chi connectivity index (χ3v) is 2.36. The van der Waals surface area contributed by atoms with E-state index in [1.54, 1.807) is 6.07 Å². The highest BCUT2D eigenvalue weighted by atomic mass is 16.1. The Hall–Kier alpha value is -1.57. The molecule has 0 aliphatic rings. The van der Waals surface area contributed by atoms with Crippen LogP contribution in [0.1, 0.15) is 18.9 Å². The second kappa shape index (κ2) is 3.66. The minimum Gasteiger partial charge on any atom is -0.322 e. The number of aromatic amines is 1. The minimum atomic E-state index is -0.00727. The van der Waals surface area contributed by atoms with E-state index in [0.717, 1.165) is 29.3 Å². The van der Waals surface area contributed by atoms with Crippen molar-refractivity contribution in [3.63, 3.8) is 0 Å². The molecule has 0 fully saturated rings. The molecule has 0 saturated carbocycles. The van der Waals surface area contributed by atoms with Gasteiger partial charge in [0.2, 0.25) is 5.56 Å². The summed E-state index contributed by atoms with van der Waals surface area (Å²) in [6.07, 6.45) is 2.03. The van der Waals surface area contributed by atoms with Crippen LogP contribution in [0, 0.1) is 0 Å². The van der Waals surface area contributed by atoms with Crippen LogP contribution in [0.5, 0.6) is 0 Å². The Kier molecular flexibility index (Phi) is 2.35. The molecule has 1 N–H and O–H groups in total. The van der Waals surface area contributed by atoms with Gasteiger partial charge in [-0.1, -0.05) is 31.5 Å². The number of hydrogen-bond donors (Lipinski definition) is 1. The Bertz CT molecular complexity index is 499. The number of aryl methyl sites for hydroxylation is 1. The van der Waals surface area contributed by atoms with Crippen molar-refractivity contribution in [1.82, 2.24) is 4.98 Å². The van der Waals surface area contributed by atoms with Crippen molar-refractivity contribution in [2.45, 2.75) is 19.8 Å². The van der Waals surface area contributed by atoms with Gasteiger partial charge >= 0.3 is 0 Å². The van der Waals surface area contributed by atoms with E-state index < -0.39 is 0 Å². The molecule has 0 saturated heterocycles. The SMILES string of the molecule is CCCc1cc(=O)[nH]c2ccccc12. The molecule has 2 heteroatoms. The summed E-state index contributed by atoms with van der Waals surface area (Å²) in [4.78, 5) is 14.2. The number of benzene rings is 1. The fourth-order valence-corrected chi connectivity index (χ4v) is 1.75. The van der Waals surface area contributed by atoms with E-state index in [0.29, 0.717) is 0 Å². The molecule has 0 radical (unpaired) electrons. The van der Waals surface area contributed by atoms with Gasteiger partial charge in [-0.2, -0.15) is 0 Å². The van der Waals surface area contributed by atoms with Crippen LogP contribution in [-0.2, 0) is 6.42 Å². The molecule has 0 aliphatic carbocycles. The predicted molar refractivity (Wildman–Crippen MR) is 58.6 cm³/mol. The number of hydrogen-bond acceptors (Lipinski definition) is 1. The van der Waals surface area contributed by atoms with Crippen LogP contribution >= 0.6 is 0 Å². The Balaban J connectivity index is 2.73. The lowest BCUT2D eigenvalue weighted by Crippen LogP contribution is -2.06. The van der Waals surface area contributed by atoms with Gasteiger partial charge in [0, 0.05) is 17.0 Å². The quantitative estimate of drug-likeness (QED) is 0.769. The van der Waals surface area contributed by atoms with Crippen molar-refractivity contribution in [3.8, 4) is 0 Å². The van der Waals surface area contributed by atoms with Gasteiger partial charge in [0.1, 0.15) is 0 Å². The monoisotopic (exact) mass is 187 g/mol. The molecule has 1 aromatic carbocycles. The number of nitrogens with one attached hydrogen (secondary N) is 1. The van der Waals surface area contributed by atoms with E-state index in [1.165, 1.54) is 0 Å². The number of rotatable bonds is 2. The van der Waals surface area contributed by atoms with Crippen LogP contribution in [-0.4, -0.2) is 4.98 Å². The number of para-hydroxylation sites is 1. The zero-order chi connectivity index (χ0) is 9.97. The molecule has 14 heavy (non-hydrogen) atoms.